The minimum Gasteiger partial charge on any atom is -0.478 e. The summed E-state index contributed by atoms with van der Waals surface area (Å²) < 4.78 is 0. The number of carboxylic acids is 2. The van der Waals surface area contributed by atoms with Gasteiger partial charge in [0, 0.05) is 5.69 Å². The first kappa shape index (κ1) is 33.3. The lowest BCUT2D eigenvalue weighted by Gasteiger charge is -2.47. The van der Waals surface area contributed by atoms with Gasteiger partial charge in [-0.3, -0.25) is 0 Å². The van der Waals surface area contributed by atoms with Gasteiger partial charge in [0.1, 0.15) is 0 Å². The Balaban J connectivity index is 1.77. The topological polar surface area (TPSA) is 77.8 Å². The van der Waals surface area contributed by atoms with Crippen molar-refractivity contribution in [1.82, 2.24) is 0 Å². The number of fused-ring (bicyclic) bond motifs is 9. The summed E-state index contributed by atoms with van der Waals surface area (Å²) >= 11 is 0. The molecule has 1 aliphatic carbocycles. The lowest BCUT2D eigenvalue weighted by atomic mass is 9.62. The molecule has 0 unspecified atom stereocenters. The van der Waals surface area contributed by atoms with Crippen molar-refractivity contribution in [2.45, 2.75) is 84.0 Å². The van der Waals surface area contributed by atoms with Crippen LogP contribution < -0.4 is 4.90 Å². The molecule has 5 heteroatoms. The van der Waals surface area contributed by atoms with E-state index in [0.717, 1.165) is 50.1 Å². The van der Waals surface area contributed by atoms with Crippen molar-refractivity contribution in [2.75, 3.05) is 4.90 Å². The van der Waals surface area contributed by atoms with Crippen LogP contribution in [0.1, 0.15) is 122 Å². The molecule has 5 nitrogen and oxygen atoms in total. The highest BCUT2D eigenvalue weighted by molar-refractivity contribution is 6.08. The smallest absolute Gasteiger partial charge is 0.337 e. The Hall–Kier alpha value is -5.16. The summed E-state index contributed by atoms with van der Waals surface area (Å²) in [5.41, 5.74) is 8.77. The Kier molecular flexibility index (Phi) is 7.28. The maximum Gasteiger partial charge on any atom is 0.337 e. The van der Waals surface area contributed by atoms with E-state index in [1.54, 1.807) is 12.1 Å². The highest BCUT2D eigenvalue weighted by atomic mass is 16.4. The van der Waals surface area contributed by atoms with E-state index in [2.05, 4.69) is 111 Å². The third kappa shape index (κ3) is 4.81. The second-order valence-corrected chi connectivity index (χ2v) is 16.9. The molecule has 0 amide bonds. The van der Waals surface area contributed by atoms with Crippen molar-refractivity contribution in [3.63, 3.8) is 0 Å². The Morgan fingerprint density at radius 3 is 1.24 bits per heavy atom. The monoisotopic (exact) mass is 663 g/mol. The zero-order valence-electron chi connectivity index (χ0n) is 30.4. The predicted molar refractivity (Wildman–Crippen MR) is 202 cm³/mol. The summed E-state index contributed by atoms with van der Waals surface area (Å²) in [6.07, 6.45) is 0. The molecule has 0 saturated heterocycles. The SMILES string of the molecule is CC(C)(C)c1ccc(N2c3c(C(=O)O)cc(C(C)(C)C)cc3C3(c4ccccc4-c4ccccc43)c3cc(C(C)(C)C)cc(C(=O)O)c32)cc1. The Morgan fingerprint density at radius 1 is 0.500 bits per heavy atom. The van der Waals surface area contributed by atoms with E-state index in [1.807, 2.05) is 41.3 Å². The van der Waals surface area contributed by atoms with Crippen molar-refractivity contribution in [3.05, 3.63) is 147 Å². The molecule has 2 aliphatic rings. The third-order valence-electron chi connectivity index (χ3n) is 10.6. The molecule has 0 saturated carbocycles. The van der Waals surface area contributed by atoms with Gasteiger partial charge >= 0.3 is 11.9 Å². The van der Waals surface area contributed by atoms with Crippen molar-refractivity contribution >= 4 is 29.0 Å². The van der Waals surface area contributed by atoms with Gasteiger partial charge < -0.3 is 15.1 Å². The second-order valence-electron chi connectivity index (χ2n) is 16.9. The Bertz CT molecular complexity index is 2090. The Morgan fingerprint density at radius 2 is 0.880 bits per heavy atom. The number of hydrogen-bond donors (Lipinski definition) is 2. The van der Waals surface area contributed by atoms with Crippen LogP contribution in [0.3, 0.4) is 0 Å². The molecule has 0 fully saturated rings. The number of carboxylic acid groups (broad SMARTS) is 2. The first-order valence-electron chi connectivity index (χ1n) is 17.3. The van der Waals surface area contributed by atoms with Gasteiger partial charge in [-0.2, -0.15) is 0 Å². The number of rotatable bonds is 3. The van der Waals surface area contributed by atoms with Crippen LogP contribution in [-0.2, 0) is 21.7 Å². The van der Waals surface area contributed by atoms with Crippen molar-refractivity contribution in [3.8, 4) is 11.1 Å². The number of carbonyl (C=O) groups is 2. The molecule has 7 rings (SSSR count). The molecule has 0 radical (unpaired) electrons. The summed E-state index contributed by atoms with van der Waals surface area (Å²) in [6.45, 7) is 19.1. The minimum absolute atomic E-state index is 0.112. The number of anilines is 3. The van der Waals surface area contributed by atoms with Gasteiger partial charge in [0.15, 0.2) is 0 Å². The summed E-state index contributed by atoms with van der Waals surface area (Å²) in [4.78, 5) is 29.1. The first-order valence-corrected chi connectivity index (χ1v) is 17.3. The van der Waals surface area contributed by atoms with E-state index >= 15 is 0 Å². The van der Waals surface area contributed by atoms with E-state index in [1.165, 1.54) is 0 Å². The second kappa shape index (κ2) is 10.9. The fourth-order valence-electron chi connectivity index (χ4n) is 7.96. The van der Waals surface area contributed by atoms with E-state index < -0.39 is 17.4 Å². The first-order chi connectivity index (χ1) is 23.4. The van der Waals surface area contributed by atoms with Gasteiger partial charge in [0.25, 0.3) is 0 Å². The molecule has 5 aromatic carbocycles. The molecule has 0 atom stereocenters. The molecular formula is C45H45NO4. The molecule has 1 aliphatic heterocycles. The number of hydrogen-bond acceptors (Lipinski definition) is 3. The minimum atomic E-state index is -1.06. The van der Waals surface area contributed by atoms with E-state index in [-0.39, 0.29) is 27.4 Å². The summed E-state index contributed by atoms with van der Waals surface area (Å²) in [7, 11) is 0. The van der Waals surface area contributed by atoms with Crippen LogP contribution in [-0.4, -0.2) is 22.2 Å². The van der Waals surface area contributed by atoms with Crippen molar-refractivity contribution in [1.29, 1.82) is 0 Å². The zero-order valence-corrected chi connectivity index (χ0v) is 30.4. The molecule has 254 valence electrons. The average molecular weight is 664 g/mol. The van der Waals surface area contributed by atoms with Gasteiger partial charge in [0.2, 0.25) is 0 Å². The van der Waals surface area contributed by atoms with Gasteiger partial charge in [0.05, 0.1) is 27.9 Å². The fourth-order valence-corrected chi connectivity index (χ4v) is 7.96. The zero-order chi connectivity index (χ0) is 36.1. The van der Waals surface area contributed by atoms with Crippen LogP contribution in [0, 0.1) is 0 Å². The molecule has 1 heterocycles. The summed E-state index contributed by atoms with van der Waals surface area (Å²) in [5, 5.41) is 22.2. The van der Waals surface area contributed by atoms with E-state index in [0.29, 0.717) is 17.1 Å². The lowest BCUT2D eigenvalue weighted by Crippen LogP contribution is -2.39. The quantitative estimate of drug-likeness (QED) is 0.197. The summed E-state index contributed by atoms with van der Waals surface area (Å²) in [6, 6.07) is 32.7. The molecule has 0 aromatic heterocycles. The van der Waals surface area contributed by atoms with Gasteiger partial charge in [-0.15, -0.1) is 0 Å². The van der Waals surface area contributed by atoms with Gasteiger partial charge in [-0.05, 0) is 90.6 Å². The third-order valence-corrected chi connectivity index (χ3v) is 10.6. The fraction of sp³-hybridized carbons (Fsp3) is 0.289. The molecular weight excluding hydrogens is 618 g/mol. The Labute approximate surface area is 295 Å². The van der Waals surface area contributed by atoms with Crippen LogP contribution in [0.2, 0.25) is 0 Å². The van der Waals surface area contributed by atoms with Crippen LogP contribution >= 0.6 is 0 Å². The highest BCUT2D eigenvalue weighted by Gasteiger charge is 2.54. The van der Waals surface area contributed by atoms with Crippen LogP contribution in [0.15, 0.2) is 97.1 Å². The van der Waals surface area contributed by atoms with Crippen molar-refractivity contribution in [2.24, 2.45) is 0 Å². The largest absolute Gasteiger partial charge is 0.478 e. The normalized spacial score (nSPS) is 14.5. The maximum absolute atomic E-state index is 13.6. The summed E-state index contributed by atoms with van der Waals surface area (Å²) in [5.74, 6) is -2.13. The molecule has 0 bridgehead atoms. The van der Waals surface area contributed by atoms with Crippen LogP contribution in [0.5, 0.6) is 0 Å². The standard InChI is InChI=1S/C45H45NO4/c1-42(2,3)26-18-20-29(21-19-26)46-38-32(40(47)48)22-27(43(4,5)6)24-36(38)45(34-16-12-10-14-30(34)31-15-11-13-17-35(31)45)37-25-28(44(7,8)9)23-33(39(37)46)41(49)50/h10-25H,1-9H3,(H,47,48)(H,49,50). The molecule has 5 aromatic rings. The van der Waals surface area contributed by atoms with Gasteiger partial charge in [-0.25, -0.2) is 9.59 Å². The molecule has 1 spiro atoms. The van der Waals surface area contributed by atoms with E-state index in [9.17, 15) is 19.8 Å². The maximum atomic E-state index is 13.6. The van der Waals surface area contributed by atoms with Gasteiger partial charge in [-0.1, -0.05) is 135 Å². The predicted octanol–water partition coefficient (Wildman–Crippen LogP) is 11.1. The molecule has 2 N–H and O–H groups in total. The van der Waals surface area contributed by atoms with Crippen molar-refractivity contribution < 1.29 is 19.8 Å². The number of nitrogens with zero attached hydrogens (tertiary/aromatic N) is 1. The van der Waals surface area contributed by atoms with Crippen LogP contribution in [0.25, 0.3) is 11.1 Å². The number of benzene rings is 5. The lowest BCUT2D eigenvalue weighted by molar-refractivity contribution is 0.0687. The number of aromatic carboxylic acids is 2. The molecule has 50 heavy (non-hydrogen) atoms. The van der Waals surface area contributed by atoms with E-state index in [4.69, 9.17) is 0 Å². The highest BCUT2D eigenvalue weighted by Crippen LogP contribution is 2.65. The van der Waals surface area contributed by atoms with Crippen LogP contribution in [0.4, 0.5) is 17.1 Å². The average Bonchev–Trinajstić information content (AvgIpc) is 3.34.